The van der Waals surface area contributed by atoms with Crippen molar-refractivity contribution in [3.63, 3.8) is 0 Å². The van der Waals surface area contributed by atoms with Crippen LogP contribution >= 0.6 is 0 Å². The van der Waals surface area contributed by atoms with Crippen molar-refractivity contribution in [2.75, 3.05) is 13.2 Å². The molecule has 1 aliphatic heterocycles. The fraction of sp³-hybridized carbons (Fsp3) is 0.571. The first-order chi connectivity index (χ1) is 8.84. The maximum Gasteiger partial charge on any atom is 0.220 e. The molecule has 0 radical (unpaired) electrons. The van der Waals surface area contributed by atoms with Crippen LogP contribution in [0, 0.1) is 0 Å². The van der Waals surface area contributed by atoms with Gasteiger partial charge in [-0.1, -0.05) is 6.07 Å². The highest BCUT2D eigenvalue weighted by Gasteiger charge is 2.16. The first-order valence-corrected chi connectivity index (χ1v) is 6.63. The van der Waals surface area contributed by atoms with Crippen LogP contribution in [0.1, 0.15) is 31.4 Å². The highest BCUT2D eigenvalue weighted by atomic mass is 16.5. The molecule has 2 rings (SSSR count). The van der Waals surface area contributed by atoms with Gasteiger partial charge in [0.15, 0.2) is 0 Å². The number of aromatic nitrogens is 1. The van der Waals surface area contributed by atoms with Gasteiger partial charge in [-0.05, 0) is 31.4 Å². The number of amides is 1. The molecule has 4 nitrogen and oxygen atoms in total. The number of carbonyl (C=O) groups is 1. The number of ether oxygens (including phenoxy) is 1. The quantitative estimate of drug-likeness (QED) is 0.833. The van der Waals surface area contributed by atoms with Crippen molar-refractivity contribution < 1.29 is 9.53 Å². The minimum Gasteiger partial charge on any atom is -0.378 e. The van der Waals surface area contributed by atoms with E-state index in [1.54, 1.807) is 6.20 Å². The van der Waals surface area contributed by atoms with Crippen molar-refractivity contribution in [1.29, 1.82) is 0 Å². The largest absolute Gasteiger partial charge is 0.378 e. The zero-order valence-corrected chi connectivity index (χ0v) is 10.6. The molecule has 0 aliphatic carbocycles. The van der Waals surface area contributed by atoms with E-state index in [0.717, 1.165) is 38.0 Å². The minimum absolute atomic E-state index is 0.112. The number of hydrogen-bond acceptors (Lipinski definition) is 3. The molecular formula is C14H20N2O2. The zero-order chi connectivity index (χ0) is 12.6. The molecule has 1 fully saturated rings. The van der Waals surface area contributed by atoms with E-state index < -0.39 is 0 Å². The molecule has 1 aromatic rings. The summed E-state index contributed by atoms with van der Waals surface area (Å²) in [5.74, 6) is 0.112. The summed E-state index contributed by atoms with van der Waals surface area (Å²) in [4.78, 5) is 15.8. The average Bonchev–Trinajstić information content (AvgIpc) is 2.91. The van der Waals surface area contributed by atoms with Gasteiger partial charge in [0.25, 0.3) is 0 Å². The number of nitrogens with zero attached hydrogens (tertiary/aromatic N) is 1. The summed E-state index contributed by atoms with van der Waals surface area (Å²) in [6.45, 7) is 1.51. The van der Waals surface area contributed by atoms with E-state index in [-0.39, 0.29) is 5.91 Å². The molecule has 0 aromatic carbocycles. The highest BCUT2D eigenvalue weighted by Crippen LogP contribution is 2.16. The van der Waals surface area contributed by atoms with E-state index in [2.05, 4.69) is 10.3 Å². The number of rotatable bonds is 6. The van der Waals surface area contributed by atoms with Crippen molar-refractivity contribution in [3.05, 3.63) is 30.1 Å². The fourth-order valence-corrected chi connectivity index (χ4v) is 2.13. The predicted molar refractivity (Wildman–Crippen MR) is 69.2 cm³/mol. The molecule has 1 N–H and O–H groups in total. The Hall–Kier alpha value is -1.42. The summed E-state index contributed by atoms with van der Waals surface area (Å²) < 4.78 is 5.49. The molecule has 1 saturated heterocycles. The van der Waals surface area contributed by atoms with Crippen LogP contribution in [-0.4, -0.2) is 30.1 Å². The van der Waals surface area contributed by atoms with Crippen LogP contribution in [0.2, 0.25) is 0 Å². The lowest BCUT2D eigenvalue weighted by Crippen LogP contribution is -2.26. The maximum absolute atomic E-state index is 11.6. The average molecular weight is 248 g/mol. The van der Waals surface area contributed by atoms with Crippen LogP contribution in [0.3, 0.4) is 0 Å². The number of pyridine rings is 1. The van der Waals surface area contributed by atoms with Gasteiger partial charge in [-0.15, -0.1) is 0 Å². The topological polar surface area (TPSA) is 51.2 Å². The van der Waals surface area contributed by atoms with E-state index in [1.165, 1.54) is 0 Å². The van der Waals surface area contributed by atoms with E-state index in [4.69, 9.17) is 4.74 Å². The molecule has 0 spiro atoms. The predicted octanol–water partition coefficient (Wildman–Crippen LogP) is 1.70. The lowest BCUT2D eigenvalue weighted by Gasteiger charge is -2.09. The number of nitrogens with one attached hydrogen (secondary N) is 1. The van der Waals surface area contributed by atoms with Crippen LogP contribution in [0.4, 0.5) is 0 Å². The van der Waals surface area contributed by atoms with E-state index in [0.29, 0.717) is 19.1 Å². The van der Waals surface area contributed by atoms with Crippen LogP contribution in [-0.2, 0) is 16.0 Å². The molecule has 1 amide bonds. The summed E-state index contributed by atoms with van der Waals surface area (Å²) in [6, 6.07) is 5.82. The Morgan fingerprint density at radius 1 is 1.50 bits per heavy atom. The van der Waals surface area contributed by atoms with E-state index in [1.807, 2.05) is 18.2 Å². The summed E-state index contributed by atoms with van der Waals surface area (Å²) in [6.07, 6.45) is 6.49. The molecule has 1 atom stereocenters. The summed E-state index contributed by atoms with van der Waals surface area (Å²) in [5, 5.41) is 2.92. The molecule has 1 aromatic heterocycles. The summed E-state index contributed by atoms with van der Waals surface area (Å²) >= 11 is 0. The molecule has 0 saturated carbocycles. The molecule has 2 heterocycles. The van der Waals surface area contributed by atoms with Crippen LogP contribution in [0.5, 0.6) is 0 Å². The van der Waals surface area contributed by atoms with Crippen LogP contribution in [0.25, 0.3) is 0 Å². The first-order valence-electron chi connectivity index (χ1n) is 6.63. The zero-order valence-electron chi connectivity index (χ0n) is 10.6. The van der Waals surface area contributed by atoms with Crippen molar-refractivity contribution >= 4 is 5.91 Å². The second kappa shape index (κ2) is 7.11. The lowest BCUT2D eigenvalue weighted by atomic mass is 10.1. The maximum atomic E-state index is 11.6. The Balaban J connectivity index is 1.57. The highest BCUT2D eigenvalue weighted by molar-refractivity contribution is 5.75. The third-order valence-electron chi connectivity index (χ3n) is 3.15. The Bertz CT molecular complexity index is 361. The molecule has 4 heteroatoms. The Labute approximate surface area is 108 Å². The molecular weight excluding hydrogens is 228 g/mol. The molecule has 18 heavy (non-hydrogen) atoms. The van der Waals surface area contributed by atoms with E-state index in [9.17, 15) is 4.79 Å². The molecule has 98 valence electrons. The first kappa shape index (κ1) is 13.0. The van der Waals surface area contributed by atoms with Gasteiger partial charge in [0.1, 0.15) is 0 Å². The van der Waals surface area contributed by atoms with Crippen LogP contribution in [0.15, 0.2) is 24.4 Å². The fourth-order valence-electron chi connectivity index (χ4n) is 2.13. The second-order valence-corrected chi connectivity index (χ2v) is 4.59. The minimum atomic E-state index is 0.112. The van der Waals surface area contributed by atoms with Gasteiger partial charge in [0, 0.05) is 37.9 Å². The number of carbonyl (C=O) groups excluding carboxylic acids is 1. The normalized spacial score (nSPS) is 18.8. The summed E-state index contributed by atoms with van der Waals surface area (Å²) in [7, 11) is 0. The second-order valence-electron chi connectivity index (χ2n) is 4.59. The molecule has 0 unspecified atom stereocenters. The van der Waals surface area contributed by atoms with Gasteiger partial charge in [0.2, 0.25) is 5.91 Å². The van der Waals surface area contributed by atoms with Gasteiger partial charge in [0.05, 0.1) is 6.10 Å². The smallest absolute Gasteiger partial charge is 0.220 e. The van der Waals surface area contributed by atoms with Gasteiger partial charge in [-0.25, -0.2) is 0 Å². The van der Waals surface area contributed by atoms with Gasteiger partial charge < -0.3 is 10.1 Å². The van der Waals surface area contributed by atoms with Crippen molar-refractivity contribution in [3.8, 4) is 0 Å². The number of hydrogen-bond donors (Lipinski definition) is 1. The third-order valence-corrected chi connectivity index (χ3v) is 3.15. The van der Waals surface area contributed by atoms with Crippen molar-refractivity contribution in [1.82, 2.24) is 10.3 Å². The lowest BCUT2D eigenvalue weighted by molar-refractivity contribution is -0.121. The third kappa shape index (κ3) is 4.45. The van der Waals surface area contributed by atoms with Gasteiger partial charge >= 0.3 is 0 Å². The summed E-state index contributed by atoms with van der Waals surface area (Å²) in [5.41, 5.74) is 1.01. The SMILES string of the molecule is O=C(CC[C@@H]1CCCO1)NCCc1ccccn1. The molecule has 1 aliphatic rings. The van der Waals surface area contributed by atoms with Crippen molar-refractivity contribution in [2.45, 2.75) is 38.2 Å². The Kier molecular flexibility index (Phi) is 5.15. The Morgan fingerprint density at radius 3 is 3.17 bits per heavy atom. The standard InChI is InChI=1S/C14H20N2O2/c17-14(7-6-13-5-3-11-18-13)16-10-8-12-4-1-2-9-15-12/h1-2,4,9,13H,3,5-8,10-11H2,(H,16,17)/t13-/m0/s1. The van der Waals surface area contributed by atoms with Crippen LogP contribution < -0.4 is 5.32 Å². The van der Waals surface area contributed by atoms with E-state index >= 15 is 0 Å². The monoisotopic (exact) mass is 248 g/mol. The molecule has 0 bridgehead atoms. The van der Waals surface area contributed by atoms with Gasteiger partial charge in [-0.3, -0.25) is 9.78 Å². The van der Waals surface area contributed by atoms with Gasteiger partial charge in [-0.2, -0.15) is 0 Å². The Morgan fingerprint density at radius 2 is 2.44 bits per heavy atom. The van der Waals surface area contributed by atoms with Crippen molar-refractivity contribution in [2.24, 2.45) is 0 Å².